The van der Waals surface area contributed by atoms with E-state index in [0.717, 1.165) is 16.8 Å². The fraction of sp³-hybridized carbons (Fsp3) is 0.375. The highest BCUT2D eigenvalue weighted by molar-refractivity contribution is 5.94. The molecule has 120 valence electrons. The predicted octanol–water partition coefficient (Wildman–Crippen LogP) is 2.05. The fourth-order valence-electron chi connectivity index (χ4n) is 3.32. The van der Waals surface area contributed by atoms with Crippen LogP contribution < -0.4 is 10.4 Å². The lowest BCUT2D eigenvalue weighted by molar-refractivity contribution is 0.200. The zero-order valence-electron chi connectivity index (χ0n) is 13.1. The Morgan fingerprint density at radius 3 is 2.87 bits per heavy atom. The highest BCUT2D eigenvalue weighted by Crippen LogP contribution is 2.43. The molecule has 0 radical (unpaired) electrons. The minimum atomic E-state index is -0.725. The number of aromatic amines is 1. The van der Waals surface area contributed by atoms with Crippen LogP contribution in [0.3, 0.4) is 0 Å². The van der Waals surface area contributed by atoms with Crippen molar-refractivity contribution in [1.82, 2.24) is 14.7 Å². The van der Waals surface area contributed by atoms with Crippen molar-refractivity contribution in [1.29, 1.82) is 0 Å². The summed E-state index contributed by atoms with van der Waals surface area (Å²) in [6, 6.07) is 1.85. The monoisotopic (exact) mass is 315 g/mol. The standard InChI is InChI=1S/C16H17N3O4/c1-7-12(9(3)23-18-7)11-6-10(8(2)20)13-14-15(11)22-5-4-19(14)16(21)17-13/h6,8,20H,4-5H2,1-3H3,(H,17,21). The maximum atomic E-state index is 12.2. The molecular formula is C16H17N3O4. The van der Waals surface area contributed by atoms with E-state index in [1.54, 1.807) is 11.5 Å². The maximum absolute atomic E-state index is 12.2. The van der Waals surface area contributed by atoms with Crippen molar-refractivity contribution in [2.24, 2.45) is 0 Å². The summed E-state index contributed by atoms with van der Waals surface area (Å²) in [6.07, 6.45) is -0.725. The van der Waals surface area contributed by atoms with Crippen LogP contribution in [0.4, 0.5) is 0 Å². The lowest BCUT2D eigenvalue weighted by atomic mass is 9.96. The molecule has 0 saturated heterocycles. The number of hydrogen-bond acceptors (Lipinski definition) is 5. The molecule has 0 spiro atoms. The van der Waals surface area contributed by atoms with E-state index in [4.69, 9.17) is 9.26 Å². The average molecular weight is 315 g/mol. The normalized spacial score (nSPS) is 15.0. The Bertz CT molecular complexity index is 958. The van der Waals surface area contributed by atoms with Gasteiger partial charge in [-0.2, -0.15) is 0 Å². The number of H-pyrrole nitrogens is 1. The minimum Gasteiger partial charge on any atom is -0.489 e. The Morgan fingerprint density at radius 2 is 2.22 bits per heavy atom. The second-order valence-corrected chi connectivity index (χ2v) is 5.87. The number of rotatable bonds is 2. The van der Waals surface area contributed by atoms with Gasteiger partial charge < -0.3 is 19.4 Å². The summed E-state index contributed by atoms with van der Waals surface area (Å²) in [5, 5.41) is 14.2. The van der Waals surface area contributed by atoms with Crippen LogP contribution in [0.1, 0.15) is 30.0 Å². The van der Waals surface area contributed by atoms with Gasteiger partial charge in [0.25, 0.3) is 0 Å². The van der Waals surface area contributed by atoms with Gasteiger partial charge in [-0.1, -0.05) is 5.16 Å². The highest BCUT2D eigenvalue weighted by Gasteiger charge is 2.27. The van der Waals surface area contributed by atoms with Crippen LogP contribution in [0.15, 0.2) is 15.4 Å². The molecule has 3 heterocycles. The molecule has 1 atom stereocenters. The Hall–Kier alpha value is -2.54. The molecule has 1 aliphatic heterocycles. The molecule has 0 saturated carbocycles. The average Bonchev–Trinajstić information content (AvgIpc) is 3.02. The van der Waals surface area contributed by atoms with Gasteiger partial charge in [-0.15, -0.1) is 0 Å². The third-order valence-corrected chi connectivity index (χ3v) is 4.35. The SMILES string of the molecule is Cc1noc(C)c1-c1cc(C(C)O)c2[nH]c(=O)n3c2c1OCC3. The van der Waals surface area contributed by atoms with Gasteiger partial charge in [0.05, 0.1) is 29.4 Å². The second-order valence-electron chi connectivity index (χ2n) is 5.87. The predicted molar refractivity (Wildman–Crippen MR) is 83.7 cm³/mol. The van der Waals surface area contributed by atoms with Crippen molar-refractivity contribution in [2.45, 2.75) is 33.4 Å². The molecule has 2 N–H and O–H groups in total. The first kappa shape index (κ1) is 14.1. The minimum absolute atomic E-state index is 0.192. The number of aliphatic hydroxyl groups is 1. The van der Waals surface area contributed by atoms with Crippen molar-refractivity contribution in [3.8, 4) is 16.9 Å². The van der Waals surface area contributed by atoms with E-state index in [9.17, 15) is 9.90 Å². The first-order chi connectivity index (χ1) is 11.0. The Balaban J connectivity index is 2.18. The van der Waals surface area contributed by atoms with Crippen molar-refractivity contribution in [3.63, 3.8) is 0 Å². The van der Waals surface area contributed by atoms with Crippen LogP contribution in [-0.2, 0) is 6.54 Å². The summed E-state index contributed by atoms with van der Waals surface area (Å²) in [7, 11) is 0. The van der Waals surface area contributed by atoms with Crippen molar-refractivity contribution >= 4 is 11.0 Å². The molecule has 0 aliphatic carbocycles. The quantitative estimate of drug-likeness (QED) is 0.755. The van der Waals surface area contributed by atoms with E-state index in [2.05, 4.69) is 10.1 Å². The molecule has 0 bridgehead atoms. The number of nitrogens with one attached hydrogen (secondary N) is 1. The topological polar surface area (TPSA) is 93.3 Å². The number of benzene rings is 1. The highest BCUT2D eigenvalue weighted by atomic mass is 16.5. The molecule has 7 heteroatoms. The summed E-state index contributed by atoms with van der Waals surface area (Å²) in [6.45, 7) is 6.27. The van der Waals surface area contributed by atoms with Crippen LogP contribution in [0.2, 0.25) is 0 Å². The van der Waals surface area contributed by atoms with Crippen molar-refractivity contribution in [2.75, 3.05) is 6.61 Å². The molecule has 2 aromatic heterocycles. The first-order valence-corrected chi connectivity index (χ1v) is 7.52. The van der Waals surface area contributed by atoms with Crippen LogP contribution in [0, 0.1) is 13.8 Å². The van der Waals surface area contributed by atoms with E-state index in [0.29, 0.717) is 41.3 Å². The van der Waals surface area contributed by atoms with Crippen LogP contribution in [0.25, 0.3) is 22.2 Å². The number of aromatic nitrogens is 3. The van der Waals surface area contributed by atoms with Crippen LogP contribution >= 0.6 is 0 Å². The summed E-state index contributed by atoms with van der Waals surface area (Å²) in [4.78, 5) is 15.0. The molecule has 23 heavy (non-hydrogen) atoms. The number of aliphatic hydroxyl groups excluding tert-OH is 1. The van der Waals surface area contributed by atoms with Gasteiger partial charge in [-0.3, -0.25) is 4.57 Å². The van der Waals surface area contributed by atoms with Gasteiger partial charge in [-0.05, 0) is 26.8 Å². The molecule has 1 aliphatic rings. The molecule has 3 aromatic rings. The number of nitrogens with zero attached hydrogens (tertiary/aromatic N) is 2. The largest absolute Gasteiger partial charge is 0.489 e. The number of ether oxygens (including phenoxy) is 1. The van der Waals surface area contributed by atoms with Gasteiger partial charge in [0.15, 0.2) is 5.75 Å². The summed E-state index contributed by atoms with van der Waals surface area (Å²) in [5.41, 5.74) is 4.14. The van der Waals surface area contributed by atoms with Crippen molar-refractivity contribution < 1.29 is 14.4 Å². The number of aryl methyl sites for hydroxylation is 2. The smallest absolute Gasteiger partial charge is 0.326 e. The Morgan fingerprint density at radius 1 is 1.43 bits per heavy atom. The summed E-state index contributed by atoms with van der Waals surface area (Å²) in [5.74, 6) is 1.30. The van der Waals surface area contributed by atoms with Crippen LogP contribution in [0.5, 0.6) is 5.75 Å². The molecule has 7 nitrogen and oxygen atoms in total. The van der Waals surface area contributed by atoms with Crippen molar-refractivity contribution in [3.05, 3.63) is 33.6 Å². The lowest BCUT2D eigenvalue weighted by Gasteiger charge is -2.21. The summed E-state index contributed by atoms with van der Waals surface area (Å²) < 4.78 is 12.8. The van der Waals surface area contributed by atoms with Gasteiger partial charge >= 0.3 is 5.69 Å². The van der Waals surface area contributed by atoms with Gasteiger partial charge in [-0.25, -0.2) is 4.79 Å². The zero-order valence-corrected chi connectivity index (χ0v) is 13.1. The van der Waals surface area contributed by atoms with E-state index in [1.807, 2.05) is 19.9 Å². The second kappa shape index (κ2) is 4.73. The Kier molecular flexibility index (Phi) is 2.89. The molecule has 4 rings (SSSR count). The van der Waals surface area contributed by atoms with Gasteiger partial charge in [0.1, 0.15) is 17.9 Å². The van der Waals surface area contributed by atoms with Gasteiger partial charge in [0.2, 0.25) is 0 Å². The Labute approximate surface area is 131 Å². The molecule has 1 aromatic carbocycles. The van der Waals surface area contributed by atoms with E-state index in [1.165, 1.54) is 0 Å². The zero-order chi connectivity index (χ0) is 16.3. The van der Waals surface area contributed by atoms with Crippen LogP contribution in [-0.4, -0.2) is 26.4 Å². The third kappa shape index (κ3) is 1.86. The lowest BCUT2D eigenvalue weighted by Crippen LogP contribution is -2.23. The molecule has 0 fully saturated rings. The summed E-state index contributed by atoms with van der Waals surface area (Å²) >= 11 is 0. The van der Waals surface area contributed by atoms with E-state index in [-0.39, 0.29) is 5.69 Å². The van der Waals surface area contributed by atoms with E-state index < -0.39 is 6.10 Å². The third-order valence-electron chi connectivity index (χ3n) is 4.35. The van der Waals surface area contributed by atoms with Gasteiger partial charge in [0, 0.05) is 11.1 Å². The number of imidazole rings is 1. The molecule has 0 amide bonds. The van der Waals surface area contributed by atoms with E-state index >= 15 is 0 Å². The first-order valence-electron chi connectivity index (χ1n) is 7.52. The molecule has 1 unspecified atom stereocenters. The maximum Gasteiger partial charge on any atom is 0.326 e. The molecular weight excluding hydrogens is 298 g/mol. The number of hydrogen-bond donors (Lipinski definition) is 2. The fourth-order valence-corrected chi connectivity index (χ4v) is 3.32.